The van der Waals surface area contributed by atoms with Crippen molar-refractivity contribution in [1.29, 1.82) is 0 Å². The van der Waals surface area contributed by atoms with Crippen LogP contribution in [0.1, 0.15) is 64.5 Å². The van der Waals surface area contributed by atoms with Crippen molar-refractivity contribution in [3.63, 3.8) is 0 Å². The van der Waals surface area contributed by atoms with Gasteiger partial charge in [-0.15, -0.1) is 11.3 Å². The Morgan fingerprint density at radius 2 is 2.02 bits per heavy atom. The van der Waals surface area contributed by atoms with E-state index in [9.17, 15) is 14.4 Å². The van der Waals surface area contributed by atoms with E-state index in [1.165, 1.54) is 11.3 Å². The summed E-state index contributed by atoms with van der Waals surface area (Å²) in [6, 6.07) is 4.02. The van der Waals surface area contributed by atoms with Crippen molar-refractivity contribution in [3.8, 4) is 22.2 Å². The van der Waals surface area contributed by atoms with Crippen LogP contribution >= 0.6 is 22.9 Å². The number of fused-ring (bicyclic) bond motifs is 2. The Kier molecular flexibility index (Phi) is 10.9. The zero-order valence-electron chi connectivity index (χ0n) is 27.4. The largest absolute Gasteiger partial charge is 0.495 e. The van der Waals surface area contributed by atoms with Gasteiger partial charge < -0.3 is 29.7 Å². The van der Waals surface area contributed by atoms with E-state index >= 15 is 0 Å². The number of amides is 3. The highest BCUT2D eigenvalue weighted by Gasteiger charge is 2.61. The molecule has 3 atom stereocenters. The second kappa shape index (κ2) is 14.9. The Bertz CT molecular complexity index is 1660. The molecule has 0 unspecified atom stereocenters. The fraction of sp³-hybridized carbons (Fsp3) is 0.500. The van der Waals surface area contributed by atoms with Gasteiger partial charge in [-0.3, -0.25) is 4.79 Å². The number of carbonyl (C=O) groups excluding carboxylic acids is 3. The smallest absolute Gasteiger partial charge is 0.332 e. The SMILES string of the molecule is CCOC(=O)[C@@]12C[C@H]1/C=C\CCCCN(C)C(=O)N[C@@H](CCOc1cc(-c3nc(C(C)C)cs3)nc3c(Cl)c(OC)ccc13)C(=O)N2. The Morgan fingerprint density at radius 1 is 1.21 bits per heavy atom. The highest BCUT2D eigenvalue weighted by Crippen LogP contribution is 2.46. The first kappa shape index (κ1) is 34.4. The fourth-order valence-electron chi connectivity index (χ4n) is 5.57. The lowest BCUT2D eigenvalue weighted by Gasteiger charge is -2.26. The van der Waals surface area contributed by atoms with Gasteiger partial charge in [0, 0.05) is 42.8 Å². The number of carbonyl (C=O) groups is 3. The zero-order chi connectivity index (χ0) is 33.7. The van der Waals surface area contributed by atoms with E-state index in [0.717, 1.165) is 30.0 Å². The maximum Gasteiger partial charge on any atom is 0.332 e. The molecule has 11 nitrogen and oxygen atoms in total. The van der Waals surface area contributed by atoms with Crippen LogP contribution in [0.25, 0.3) is 21.6 Å². The van der Waals surface area contributed by atoms with Crippen molar-refractivity contribution < 1.29 is 28.6 Å². The van der Waals surface area contributed by atoms with Gasteiger partial charge in [-0.1, -0.05) is 37.6 Å². The summed E-state index contributed by atoms with van der Waals surface area (Å²) in [4.78, 5) is 51.1. The highest BCUT2D eigenvalue weighted by molar-refractivity contribution is 7.13. The lowest BCUT2D eigenvalue weighted by Crippen LogP contribution is -2.56. The first-order valence-corrected chi connectivity index (χ1v) is 17.3. The van der Waals surface area contributed by atoms with Gasteiger partial charge in [-0.25, -0.2) is 19.6 Å². The summed E-state index contributed by atoms with van der Waals surface area (Å²) in [6.07, 6.45) is 7.13. The second-order valence-electron chi connectivity index (χ2n) is 12.2. The topological polar surface area (TPSA) is 132 Å². The van der Waals surface area contributed by atoms with Crippen molar-refractivity contribution in [1.82, 2.24) is 25.5 Å². The van der Waals surface area contributed by atoms with E-state index < -0.39 is 23.5 Å². The van der Waals surface area contributed by atoms with Crippen LogP contribution in [-0.4, -0.2) is 78.3 Å². The third kappa shape index (κ3) is 7.65. The average molecular weight is 684 g/mol. The lowest BCUT2D eigenvalue weighted by atomic mass is 10.1. The number of nitrogens with one attached hydrogen (secondary N) is 2. The van der Waals surface area contributed by atoms with Crippen LogP contribution in [0.4, 0.5) is 4.79 Å². The number of halogens is 1. The van der Waals surface area contributed by atoms with Gasteiger partial charge in [0.15, 0.2) is 0 Å². The summed E-state index contributed by atoms with van der Waals surface area (Å²) < 4.78 is 17.1. The molecule has 1 saturated carbocycles. The summed E-state index contributed by atoms with van der Waals surface area (Å²) in [5.41, 5.74) is 0.891. The number of esters is 1. The van der Waals surface area contributed by atoms with Crippen LogP contribution in [0.5, 0.6) is 11.5 Å². The molecule has 2 aliphatic rings. The molecule has 13 heteroatoms. The molecule has 1 fully saturated rings. The van der Waals surface area contributed by atoms with Crippen LogP contribution in [0.15, 0.2) is 35.7 Å². The summed E-state index contributed by atoms with van der Waals surface area (Å²) in [7, 11) is 3.24. The summed E-state index contributed by atoms with van der Waals surface area (Å²) in [5, 5.41) is 9.52. The number of thiazole rings is 1. The molecule has 3 aromatic rings. The van der Waals surface area contributed by atoms with E-state index in [2.05, 4.69) is 24.5 Å². The number of ether oxygens (including phenoxy) is 3. The third-order valence-corrected chi connectivity index (χ3v) is 9.76. The maximum absolute atomic E-state index is 13.8. The number of pyridine rings is 1. The molecule has 0 spiro atoms. The minimum Gasteiger partial charge on any atom is -0.495 e. The van der Waals surface area contributed by atoms with Crippen LogP contribution in [0.2, 0.25) is 5.02 Å². The molecule has 47 heavy (non-hydrogen) atoms. The van der Waals surface area contributed by atoms with Gasteiger partial charge in [0.2, 0.25) is 5.91 Å². The van der Waals surface area contributed by atoms with Crippen molar-refractivity contribution in [3.05, 3.63) is 46.4 Å². The number of nitrogens with zero attached hydrogens (tertiary/aromatic N) is 3. The van der Waals surface area contributed by atoms with Crippen molar-refractivity contribution in [2.75, 3.05) is 33.9 Å². The molecule has 2 N–H and O–H groups in total. The van der Waals surface area contributed by atoms with Gasteiger partial charge in [-0.2, -0.15) is 0 Å². The Labute approximate surface area is 284 Å². The number of allylic oxidation sites excluding steroid dienone is 1. The summed E-state index contributed by atoms with van der Waals surface area (Å²) in [5.74, 6) is 0.103. The molecule has 2 aromatic heterocycles. The fourth-order valence-corrected chi connectivity index (χ4v) is 6.79. The van der Waals surface area contributed by atoms with E-state index in [0.29, 0.717) is 46.1 Å². The van der Waals surface area contributed by atoms with E-state index in [1.54, 1.807) is 32.0 Å². The molecule has 1 aliphatic carbocycles. The highest BCUT2D eigenvalue weighted by atomic mass is 35.5. The number of urea groups is 1. The monoisotopic (exact) mass is 683 g/mol. The third-order valence-electron chi connectivity index (χ3n) is 8.51. The normalized spacial score (nSPS) is 22.6. The van der Waals surface area contributed by atoms with Crippen molar-refractivity contribution >= 4 is 51.7 Å². The number of aromatic nitrogens is 2. The molecule has 0 bridgehead atoms. The zero-order valence-corrected chi connectivity index (χ0v) is 29.0. The molecule has 0 saturated heterocycles. The number of benzene rings is 1. The van der Waals surface area contributed by atoms with E-state index in [-0.39, 0.29) is 37.5 Å². The summed E-state index contributed by atoms with van der Waals surface area (Å²) >= 11 is 8.20. The van der Waals surface area contributed by atoms with Crippen LogP contribution in [0.3, 0.4) is 0 Å². The average Bonchev–Trinajstić information content (AvgIpc) is 3.50. The predicted molar refractivity (Wildman–Crippen MR) is 182 cm³/mol. The molecule has 0 radical (unpaired) electrons. The molecule has 3 heterocycles. The minimum absolute atomic E-state index is 0.0646. The molecule has 1 aromatic carbocycles. The minimum atomic E-state index is -1.15. The molecule has 5 rings (SSSR count). The van der Waals surface area contributed by atoms with Gasteiger partial charge in [0.05, 0.1) is 31.5 Å². The standard InChI is InChI=1S/C34H42ClN5O6S/c1-6-45-32(42)34-18-21(34)11-9-7-8-10-15-40(4)33(43)38-23(30(41)39-34)14-16-46-27-17-24(31-37-25(19-47-31)20(2)3)36-29-22(27)12-13-26(44-5)28(29)35/h9,11-13,17,19-21,23H,6-8,10,14-16,18H2,1-5H3,(H,38,43)(H,39,41)/b11-9-/t21-,23+,34-/m1/s1. The maximum atomic E-state index is 13.8. The Hall–Kier alpha value is -3.90. The number of hydrogen-bond acceptors (Lipinski definition) is 9. The number of rotatable bonds is 9. The van der Waals surface area contributed by atoms with Gasteiger partial charge in [0.1, 0.15) is 38.8 Å². The van der Waals surface area contributed by atoms with Crippen molar-refractivity contribution in [2.45, 2.75) is 70.4 Å². The Morgan fingerprint density at radius 3 is 2.74 bits per heavy atom. The van der Waals surface area contributed by atoms with E-state index in [4.69, 9.17) is 35.8 Å². The van der Waals surface area contributed by atoms with Crippen LogP contribution in [-0.2, 0) is 14.3 Å². The van der Waals surface area contributed by atoms with Gasteiger partial charge in [-0.05, 0) is 50.7 Å². The van der Waals surface area contributed by atoms with Crippen LogP contribution in [0, 0.1) is 5.92 Å². The molecule has 252 valence electrons. The molecular formula is C34H42ClN5O6S. The molecule has 3 amide bonds. The number of methoxy groups -OCH3 is 1. The van der Waals surface area contributed by atoms with Crippen LogP contribution < -0.4 is 20.1 Å². The quantitative estimate of drug-likeness (QED) is 0.204. The van der Waals surface area contributed by atoms with Gasteiger partial charge >= 0.3 is 12.0 Å². The second-order valence-corrected chi connectivity index (χ2v) is 13.4. The first-order chi connectivity index (χ1) is 22.6. The Balaban J connectivity index is 1.42. The van der Waals surface area contributed by atoms with Crippen molar-refractivity contribution in [2.24, 2.45) is 5.92 Å². The molecular weight excluding hydrogens is 642 g/mol. The molecule has 1 aliphatic heterocycles. The number of hydrogen-bond donors (Lipinski definition) is 2. The predicted octanol–water partition coefficient (Wildman–Crippen LogP) is 6.10. The summed E-state index contributed by atoms with van der Waals surface area (Å²) in [6.45, 7) is 6.70. The van der Waals surface area contributed by atoms with Gasteiger partial charge in [0.25, 0.3) is 0 Å². The van der Waals surface area contributed by atoms with E-state index in [1.807, 2.05) is 29.7 Å². The first-order valence-electron chi connectivity index (χ1n) is 16.0. The lowest BCUT2D eigenvalue weighted by molar-refractivity contribution is -0.149.